The summed E-state index contributed by atoms with van der Waals surface area (Å²) in [5.74, 6) is -0.712. The molecule has 7 heteroatoms. The fourth-order valence-corrected chi connectivity index (χ4v) is 4.54. The van der Waals surface area contributed by atoms with E-state index in [9.17, 15) is 9.18 Å². The second-order valence-corrected chi connectivity index (χ2v) is 8.51. The number of carboxylic acid groups (broad SMARTS) is 1. The summed E-state index contributed by atoms with van der Waals surface area (Å²) >= 11 is 0. The minimum atomic E-state index is -1.01. The molecule has 0 saturated heterocycles. The molecule has 0 amide bonds. The number of rotatable bonds is 7. The Balaban J connectivity index is 1.79. The maximum atomic E-state index is 15.0. The SMILES string of the molecule is COc1cccc(C(=C(c2ccc(C=CC(=O)O)cc2)c2cccc3n[nH]c(F)c23)C2CCC2)n1. The number of hydrogen-bond acceptors (Lipinski definition) is 4. The van der Waals surface area contributed by atoms with Crippen molar-refractivity contribution in [3.8, 4) is 5.88 Å². The molecule has 1 saturated carbocycles. The zero-order valence-electron chi connectivity index (χ0n) is 19.2. The van der Waals surface area contributed by atoms with Gasteiger partial charge in [-0.25, -0.2) is 9.78 Å². The van der Waals surface area contributed by atoms with Crippen LogP contribution < -0.4 is 4.74 Å². The largest absolute Gasteiger partial charge is 0.481 e. The number of halogens is 1. The molecule has 1 aliphatic carbocycles. The van der Waals surface area contributed by atoms with Crippen LogP contribution in [0.15, 0.2) is 66.7 Å². The van der Waals surface area contributed by atoms with E-state index in [0.29, 0.717) is 16.8 Å². The van der Waals surface area contributed by atoms with E-state index in [0.717, 1.165) is 58.9 Å². The second kappa shape index (κ2) is 9.54. The number of fused-ring (bicyclic) bond motifs is 1. The Morgan fingerprint density at radius 3 is 2.57 bits per heavy atom. The molecule has 5 rings (SSSR count). The number of carboxylic acids is 1. The third-order valence-corrected chi connectivity index (χ3v) is 6.41. The van der Waals surface area contributed by atoms with Gasteiger partial charge in [0.05, 0.1) is 23.7 Å². The molecule has 0 aliphatic heterocycles. The minimum Gasteiger partial charge on any atom is -0.481 e. The predicted molar refractivity (Wildman–Crippen MR) is 133 cm³/mol. The van der Waals surface area contributed by atoms with Crippen LogP contribution in [-0.4, -0.2) is 33.4 Å². The summed E-state index contributed by atoms with van der Waals surface area (Å²) in [6, 6.07) is 18.8. The van der Waals surface area contributed by atoms with E-state index in [-0.39, 0.29) is 5.92 Å². The number of aromatic amines is 1. The number of nitrogens with zero attached hydrogens (tertiary/aromatic N) is 2. The van der Waals surface area contributed by atoms with Crippen LogP contribution in [0, 0.1) is 11.9 Å². The highest BCUT2D eigenvalue weighted by Gasteiger charge is 2.29. The topological polar surface area (TPSA) is 88.1 Å². The number of nitrogens with one attached hydrogen (secondary N) is 1. The first-order valence-corrected chi connectivity index (χ1v) is 11.4. The highest BCUT2D eigenvalue weighted by Crippen LogP contribution is 2.46. The first-order chi connectivity index (χ1) is 17.0. The van der Waals surface area contributed by atoms with Gasteiger partial charge in [0.25, 0.3) is 0 Å². The van der Waals surface area contributed by atoms with Crippen LogP contribution >= 0.6 is 0 Å². The molecule has 0 bridgehead atoms. The lowest BCUT2D eigenvalue weighted by atomic mass is 9.74. The molecule has 2 N–H and O–H groups in total. The predicted octanol–water partition coefficient (Wildman–Crippen LogP) is 5.96. The van der Waals surface area contributed by atoms with Crippen LogP contribution in [0.1, 0.15) is 41.6 Å². The smallest absolute Gasteiger partial charge is 0.328 e. The number of ether oxygens (including phenoxy) is 1. The normalized spacial score (nSPS) is 14.7. The van der Waals surface area contributed by atoms with Crippen LogP contribution in [0.5, 0.6) is 5.88 Å². The summed E-state index contributed by atoms with van der Waals surface area (Å²) < 4.78 is 20.4. The Morgan fingerprint density at radius 2 is 1.89 bits per heavy atom. The van der Waals surface area contributed by atoms with Gasteiger partial charge in [-0.15, -0.1) is 0 Å². The molecular formula is C28H24FN3O3. The Hall–Kier alpha value is -4.26. The van der Waals surface area contributed by atoms with E-state index in [1.807, 2.05) is 54.6 Å². The molecule has 1 fully saturated rings. The molecule has 0 radical (unpaired) electrons. The van der Waals surface area contributed by atoms with E-state index in [4.69, 9.17) is 14.8 Å². The van der Waals surface area contributed by atoms with Crippen molar-refractivity contribution in [2.75, 3.05) is 7.11 Å². The molecular weight excluding hydrogens is 445 g/mol. The van der Waals surface area contributed by atoms with E-state index in [2.05, 4.69) is 10.2 Å². The van der Waals surface area contributed by atoms with Gasteiger partial charge >= 0.3 is 5.97 Å². The number of aromatic nitrogens is 3. The molecule has 2 aromatic heterocycles. The molecule has 2 heterocycles. The van der Waals surface area contributed by atoms with Gasteiger partial charge in [-0.3, -0.25) is 5.10 Å². The van der Waals surface area contributed by atoms with Gasteiger partial charge in [0.1, 0.15) is 0 Å². The van der Waals surface area contributed by atoms with Gasteiger partial charge in [0.2, 0.25) is 11.8 Å². The minimum absolute atomic E-state index is 0.265. The standard InChI is InChI=1S/C28H24FN3O3/c1-35-23-10-4-8-21(30-23)26(18-5-2-6-18)25(19-14-11-17(12-15-19)13-16-24(33)34)20-7-3-9-22-27(20)28(29)32-31-22/h3-4,7-16,18H,2,5-6H2,1H3,(H,31,32)(H,33,34). The van der Waals surface area contributed by atoms with Crippen LogP contribution in [0.25, 0.3) is 28.1 Å². The quantitative estimate of drug-likeness (QED) is 0.326. The maximum Gasteiger partial charge on any atom is 0.328 e. The Morgan fingerprint density at radius 1 is 1.11 bits per heavy atom. The van der Waals surface area contributed by atoms with Gasteiger partial charge in [0.15, 0.2) is 0 Å². The van der Waals surface area contributed by atoms with E-state index in [1.54, 1.807) is 19.3 Å². The van der Waals surface area contributed by atoms with Crippen molar-refractivity contribution >= 4 is 34.1 Å². The molecule has 0 spiro atoms. The number of methoxy groups -OCH3 is 1. The number of benzene rings is 2. The molecule has 1 aliphatic rings. The molecule has 176 valence electrons. The Labute approximate surface area is 201 Å². The van der Waals surface area contributed by atoms with Crippen molar-refractivity contribution in [1.82, 2.24) is 15.2 Å². The van der Waals surface area contributed by atoms with E-state index in [1.165, 1.54) is 0 Å². The molecule has 0 unspecified atom stereocenters. The Kier molecular flexibility index (Phi) is 6.14. The highest BCUT2D eigenvalue weighted by molar-refractivity contribution is 6.06. The van der Waals surface area contributed by atoms with Gasteiger partial charge in [-0.1, -0.05) is 48.9 Å². The number of carbonyl (C=O) groups is 1. The number of hydrogen-bond donors (Lipinski definition) is 2. The van der Waals surface area contributed by atoms with Crippen molar-refractivity contribution in [2.45, 2.75) is 19.3 Å². The van der Waals surface area contributed by atoms with E-state index < -0.39 is 11.9 Å². The van der Waals surface area contributed by atoms with Crippen molar-refractivity contribution in [1.29, 1.82) is 0 Å². The fourth-order valence-electron chi connectivity index (χ4n) is 4.54. The zero-order valence-corrected chi connectivity index (χ0v) is 19.2. The lowest BCUT2D eigenvalue weighted by Crippen LogP contribution is -2.16. The number of pyridine rings is 1. The van der Waals surface area contributed by atoms with Gasteiger partial charge in [-0.05, 0) is 64.8 Å². The average molecular weight is 470 g/mol. The van der Waals surface area contributed by atoms with Crippen LogP contribution in [-0.2, 0) is 4.79 Å². The fraction of sp³-hybridized carbons (Fsp3) is 0.179. The van der Waals surface area contributed by atoms with Crippen molar-refractivity contribution < 1.29 is 19.0 Å². The van der Waals surface area contributed by atoms with Crippen molar-refractivity contribution in [2.24, 2.45) is 5.92 Å². The lowest BCUT2D eigenvalue weighted by Gasteiger charge is -2.31. The average Bonchev–Trinajstić information content (AvgIpc) is 3.23. The molecule has 4 aromatic rings. The summed E-state index contributed by atoms with van der Waals surface area (Å²) in [7, 11) is 1.59. The molecule has 6 nitrogen and oxygen atoms in total. The highest BCUT2D eigenvalue weighted by atomic mass is 19.1. The summed E-state index contributed by atoms with van der Waals surface area (Å²) in [5.41, 5.74) is 5.64. The Bertz CT molecular complexity index is 1450. The van der Waals surface area contributed by atoms with Crippen molar-refractivity contribution in [3.63, 3.8) is 0 Å². The van der Waals surface area contributed by atoms with Gasteiger partial charge in [0, 0.05) is 12.1 Å². The van der Waals surface area contributed by atoms with Gasteiger partial charge < -0.3 is 9.84 Å². The van der Waals surface area contributed by atoms with Gasteiger partial charge in [-0.2, -0.15) is 9.49 Å². The number of aliphatic carboxylic acids is 1. The monoisotopic (exact) mass is 469 g/mol. The van der Waals surface area contributed by atoms with E-state index >= 15 is 0 Å². The number of H-pyrrole nitrogens is 1. The summed E-state index contributed by atoms with van der Waals surface area (Å²) in [5, 5.41) is 16.0. The molecule has 35 heavy (non-hydrogen) atoms. The summed E-state index contributed by atoms with van der Waals surface area (Å²) in [6.07, 6.45) is 5.80. The van der Waals surface area contributed by atoms with Crippen molar-refractivity contribution in [3.05, 3.63) is 95.1 Å². The first-order valence-electron chi connectivity index (χ1n) is 11.4. The molecule has 2 aromatic carbocycles. The summed E-state index contributed by atoms with van der Waals surface area (Å²) in [6.45, 7) is 0. The third-order valence-electron chi connectivity index (χ3n) is 6.41. The first kappa shape index (κ1) is 22.5. The summed E-state index contributed by atoms with van der Waals surface area (Å²) in [4.78, 5) is 15.7. The lowest BCUT2D eigenvalue weighted by molar-refractivity contribution is -0.131. The van der Waals surface area contributed by atoms with Crippen LogP contribution in [0.3, 0.4) is 0 Å². The zero-order chi connectivity index (χ0) is 24.4. The van der Waals surface area contributed by atoms with Crippen LogP contribution in [0.2, 0.25) is 0 Å². The third kappa shape index (κ3) is 4.45. The number of allylic oxidation sites excluding steroid dienone is 1. The maximum absolute atomic E-state index is 15.0. The molecule has 0 atom stereocenters. The van der Waals surface area contributed by atoms with Crippen LogP contribution in [0.4, 0.5) is 4.39 Å². The second-order valence-electron chi connectivity index (χ2n) is 8.51.